The van der Waals surface area contributed by atoms with Crippen LogP contribution in [-0.2, 0) is 11.3 Å². The van der Waals surface area contributed by atoms with Gasteiger partial charge in [-0.25, -0.2) is 0 Å². The van der Waals surface area contributed by atoms with Crippen molar-refractivity contribution in [3.05, 3.63) is 53.6 Å². The second-order valence-electron chi connectivity index (χ2n) is 9.55. The number of ether oxygens (including phenoxy) is 2. The molecule has 2 atom stereocenters. The normalized spacial score (nSPS) is 18.7. The van der Waals surface area contributed by atoms with E-state index in [1.165, 1.54) is 5.56 Å². The first-order valence-electron chi connectivity index (χ1n) is 11.8. The smallest absolute Gasteiger partial charge is 0.225 e. The molecule has 1 N–H and O–H groups in total. The number of likely N-dealkylation sites (tertiary alicyclic amines) is 1. The summed E-state index contributed by atoms with van der Waals surface area (Å²) in [7, 11) is 3.28. The lowest BCUT2D eigenvalue weighted by Crippen LogP contribution is -2.43. The molecule has 0 saturated carbocycles. The minimum Gasteiger partial charge on any atom is -0.504 e. The standard InChI is InChI=1S/C27H38N2O4/c1-18(2)27(31)29(19(3)4)16-21-15-28(14-20-11-12-24(30)26(13-20)33-6)17-23(21)22-9-7-8-10-25(22)32-5/h7-13,18-19,21,23,30H,14-17H2,1-6H3. The minimum atomic E-state index is -0.0286. The molecule has 1 heterocycles. The third-order valence-corrected chi connectivity index (χ3v) is 6.54. The lowest BCUT2D eigenvalue weighted by atomic mass is 9.87. The van der Waals surface area contributed by atoms with E-state index >= 15 is 0 Å². The van der Waals surface area contributed by atoms with E-state index in [0.717, 1.165) is 30.9 Å². The number of rotatable bonds is 9. The number of benzene rings is 2. The van der Waals surface area contributed by atoms with E-state index in [1.807, 2.05) is 43.0 Å². The van der Waals surface area contributed by atoms with Gasteiger partial charge in [0.1, 0.15) is 5.75 Å². The fraction of sp³-hybridized carbons (Fsp3) is 0.519. The van der Waals surface area contributed by atoms with Gasteiger partial charge in [0, 0.05) is 44.1 Å². The third-order valence-electron chi connectivity index (χ3n) is 6.54. The second-order valence-corrected chi connectivity index (χ2v) is 9.55. The Morgan fingerprint density at radius 3 is 2.39 bits per heavy atom. The zero-order chi connectivity index (χ0) is 24.1. The molecule has 0 spiro atoms. The Morgan fingerprint density at radius 2 is 1.76 bits per heavy atom. The van der Waals surface area contributed by atoms with E-state index in [2.05, 4.69) is 30.9 Å². The molecule has 33 heavy (non-hydrogen) atoms. The van der Waals surface area contributed by atoms with Gasteiger partial charge in [-0.2, -0.15) is 0 Å². The molecule has 6 heteroatoms. The van der Waals surface area contributed by atoms with Crippen molar-refractivity contribution in [2.75, 3.05) is 33.9 Å². The highest BCUT2D eigenvalue weighted by atomic mass is 16.5. The number of hydrogen-bond donors (Lipinski definition) is 1. The van der Waals surface area contributed by atoms with E-state index in [9.17, 15) is 9.90 Å². The first-order chi connectivity index (χ1) is 15.7. The molecule has 1 aliphatic heterocycles. The molecule has 2 aromatic carbocycles. The lowest BCUT2D eigenvalue weighted by Gasteiger charge is -2.33. The van der Waals surface area contributed by atoms with Crippen LogP contribution in [0.3, 0.4) is 0 Å². The molecule has 1 saturated heterocycles. The number of carbonyl (C=O) groups excluding carboxylic acids is 1. The number of amides is 1. The second kappa shape index (κ2) is 10.9. The largest absolute Gasteiger partial charge is 0.504 e. The van der Waals surface area contributed by atoms with Crippen LogP contribution in [0.2, 0.25) is 0 Å². The summed E-state index contributed by atoms with van der Waals surface area (Å²) < 4.78 is 11.0. The zero-order valence-corrected chi connectivity index (χ0v) is 20.7. The molecule has 180 valence electrons. The van der Waals surface area contributed by atoms with Crippen molar-refractivity contribution >= 4 is 5.91 Å². The Kier molecular flexibility index (Phi) is 8.25. The van der Waals surface area contributed by atoms with Gasteiger partial charge >= 0.3 is 0 Å². The predicted octanol–water partition coefficient (Wildman–Crippen LogP) is 4.52. The molecule has 0 radical (unpaired) electrons. The van der Waals surface area contributed by atoms with Crippen molar-refractivity contribution in [2.24, 2.45) is 11.8 Å². The van der Waals surface area contributed by atoms with Crippen LogP contribution in [0.5, 0.6) is 17.2 Å². The minimum absolute atomic E-state index is 0.0286. The molecule has 3 rings (SSSR count). The molecule has 0 aromatic heterocycles. The Balaban J connectivity index is 1.88. The van der Waals surface area contributed by atoms with Gasteiger partial charge < -0.3 is 19.5 Å². The number of para-hydroxylation sites is 1. The number of phenolic OH excluding ortho intramolecular Hbond substituents is 1. The highest BCUT2D eigenvalue weighted by molar-refractivity contribution is 5.78. The van der Waals surface area contributed by atoms with Crippen LogP contribution in [0.1, 0.15) is 44.7 Å². The molecule has 1 amide bonds. The predicted molar refractivity (Wildman–Crippen MR) is 131 cm³/mol. The van der Waals surface area contributed by atoms with Crippen LogP contribution in [0.4, 0.5) is 0 Å². The summed E-state index contributed by atoms with van der Waals surface area (Å²) in [5, 5.41) is 9.94. The number of aromatic hydroxyl groups is 1. The topological polar surface area (TPSA) is 62.2 Å². The molecule has 6 nitrogen and oxygen atoms in total. The number of methoxy groups -OCH3 is 2. The van der Waals surface area contributed by atoms with Crippen molar-refractivity contribution in [1.29, 1.82) is 0 Å². The SMILES string of the molecule is COc1cc(CN2CC(CN(C(=O)C(C)C)C(C)C)C(c3ccccc3OC)C2)ccc1O. The Bertz CT molecular complexity index is 943. The van der Waals surface area contributed by atoms with E-state index < -0.39 is 0 Å². The summed E-state index contributed by atoms with van der Waals surface area (Å²) in [5.41, 5.74) is 2.28. The van der Waals surface area contributed by atoms with E-state index in [0.29, 0.717) is 12.3 Å². The average molecular weight is 455 g/mol. The van der Waals surface area contributed by atoms with Crippen molar-refractivity contribution in [2.45, 2.75) is 46.2 Å². The van der Waals surface area contributed by atoms with Gasteiger partial charge in [-0.05, 0) is 49.1 Å². The molecular weight excluding hydrogens is 416 g/mol. The van der Waals surface area contributed by atoms with Crippen molar-refractivity contribution < 1.29 is 19.4 Å². The maximum absolute atomic E-state index is 13.0. The van der Waals surface area contributed by atoms with Crippen LogP contribution in [-0.4, -0.2) is 60.7 Å². The number of nitrogens with zero attached hydrogens (tertiary/aromatic N) is 2. The van der Waals surface area contributed by atoms with Gasteiger partial charge in [0.05, 0.1) is 14.2 Å². The van der Waals surface area contributed by atoms with Crippen LogP contribution >= 0.6 is 0 Å². The third kappa shape index (κ3) is 5.80. The summed E-state index contributed by atoms with van der Waals surface area (Å²) in [6.07, 6.45) is 0. The molecule has 1 fully saturated rings. The number of carbonyl (C=O) groups is 1. The van der Waals surface area contributed by atoms with Crippen LogP contribution in [0.15, 0.2) is 42.5 Å². The van der Waals surface area contributed by atoms with Gasteiger partial charge in [-0.3, -0.25) is 9.69 Å². The molecule has 0 bridgehead atoms. The molecule has 2 unspecified atom stereocenters. The summed E-state index contributed by atoms with van der Waals surface area (Å²) in [4.78, 5) is 17.4. The lowest BCUT2D eigenvalue weighted by molar-refractivity contribution is -0.136. The maximum atomic E-state index is 13.0. The Hall–Kier alpha value is -2.73. The van der Waals surface area contributed by atoms with Crippen LogP contribution in [0, 0.1) is 11.8 Å². The Morgan fingerprint density at radius 1 is 1.06 bits per heavy atom. The number of hydrogen-bond acceptors (Lipinski definition) is 5. The van der Waals surface area contributed by atoms with Crippen LogP contribution < -0.4 is 9.47 Å². The van der Waals surface area contributed by atoms with Gasteiger partial charge in [0.25, 0.3) is 0 Å². The van der Waals surface area contributed by atoms with Gasteiger partial charge in [0.15, 0.2) is 11.5 Å². The van der Waals surface area contributed by atoms with E-state index in [-0.39, 0.29) is 35.5 Å². The van der Waals surface area contributed by atoms with Crippen molar-refractivity contribution in [3.63, 3.8) is 0 Å². The first-order valence-corrected chi connectivity index (χ1v) is 11.8. The fourth-order valence-electron chi connectivity index (χ4n) is 4.82. The van der Waals surface area contributed by atoms with Gasteiger partial charge in [-0.15, -0.1) is 0 Å². The highest BCUT2D eigenvalue weighted by Crippen LogP contribution is 2.39. The monoisotopic (exact) mass is 454 g/mol. The highest BCUT2D eigenvalue weighted by Gasteiger charge is 2.37. The zero-order valence-electron chi connectivity index (χ0n) is 20.7. The molecule has 2 aromatic rings. The summed E-state index contributed by atoms with van der Waals surface area (Å²) in [5.74, 6) is 2.23. The molecule has 1 aliphatic rings. The quantitative estimate of drug-likeness (QED) is 0.604. The summed E-state index contributed by atoms with van der Waals surface area (Å²) in [6.45, 7) is 11.3. The molecule has 0 aliphatic carbocycles. The van der Waals surface area contributed by atoms with Gasteiger partial charge in [0.2, 0.25) is 5.91 Å². The van der Waals surface area contributed by atoms with Crippen molar-refractivity contribution in [1.82, 2.24) is 9.80 Å². The summed E-state index contributed by atoms with van der Waals surface area (Å²) in [6, 6.07) is 13.9. The average Bonchev–Trinajstić information content (AvgIpc) is 3.19. The summed E-state index contributed by atoms with van der Waals surface area (Å²) >= 11 is 0. The van der Waals surface area contributed by atoms with E-state index in [1.54, 1.807) is 20.3 Å². The molecular formula is C27H38N2O4. The van der Waals surface area contributed by atoms with E-state index in [4.69, 9.17) is 9.47 Å². The maximum Gasteiger partial charge on any atom is 0.225 e. The fourth-order valence-corrected chi connectivity index (χ4v) is 4.82. The van der Waals surface area contributed by atoms with Gasteiger partial charge in [-0.1, -0.05) is 38.1 Å². The van der Waals surface area contributed by atoms with Crippen LogP contribution in [0.25, 0.3) is 0 Å². The first kappa shape index (κ1) is 24.9. The number of phenols is 1. The van der Waals surface area contributed by atoms with Crippen molar-refractivity contribution in [3.8, 4) is 17.2 Å². The Labute approximate surface area is 198 Å².